The SMILES string of the molecule is Fc1ccccc1C1=CCc2ccccc21. The predicted octanol–water partition coefficient (Wildman–Crippen LogP) is 3.81. The Labute approximate surface area is 94.1 Å². The number of benzene rings is 2. The van der Waals surface area contributed by atoms with Crippen LogP contribution in [0.4, 0.5) is 4.39 Å². The van der Waals surface area contributed by atoms with Crippen molar-refractivity contribution in [3.63, 3.8) is 0 Å². The molecule has 16 heavy (non-hydrogen) atoms. The first-order chi connectivity index (χ1) is 7.86. The molecule has 0 radical (unpaired) electrons. The highest BCUT2D eigenvalue weighted by Gasteiger charge is 2.16. The zero-order chi connectivity index (χ0) is 11.0. The molecule has 0 spiro atoms. The van der Waals surface area contributed by atoms with E-state index >= 15 is 0 Å². The van der Waals surface area contributed by atoms with Crippen molar-refractivity contribution in [1.29, 1.82) is 0 Å². The quantitative estimate of drug-likeness (QED) is 0.671. The lowest BCUT2D eigenvalue weighted by atomic mass is 9.99. The Morgan fingerprint density at radius 3 is 2.31 bits per heavy atom. The summed E-state index contributed by atoms with van der Waals surface area (Å²) in [6.45, 7) is 0. The first-order valence-electron chi connectivity index (χ1n) is 5.39. The van der Waals surface area contributed by atoms with Gasteiger partial charge >= 0.3 is 0 Å². The molecule has 0 unspecified atom stereocenters. The summed E-state index contributed by atoms with van der Waals surface area (Å²) in [6.07, 6.45) is 3.00. The van der Waals surface area contributed by atoms with Crippen molar-refractivity contribution in [2.45, 2.75) is 6.42 Å². The second-order valence-corrected chi connectivity index (χ2v) is 3.96. The average molecular weight is 210 g/mol. The fourth-order valence-corrected chi connectivity index (χ4v) is 2.22. The Bertz CT molecular complexity index is 567. The summed E-state index contributed by atoms with van der Waals surface area (Å²) < 4.78 is 13.7. The van der Waals surface area contributed by atoms with Crippen molar-refractivity contribution < 1.29 is 4.39 Å². The molecule has 3 rings (SSSR count). The molecular weight excluding hydrogens is 199 g/mol. The van der Waals surface area contributed by atoms with E-state index < -0.39 is 0 Å². The van der Waals surface area contributed by atoms with Crippen LogP contribution in [0.5, 0.6) is 0 Å². The van der Waals surface area contributed by atoms with Gasteiger partial charge in [-0.05, 0) is 29.2 Å². The normalized spacial score (nSPS) is 13.4. The summed E-state index contributed by atoms with van der Waals surface area (Å²) in [5.41, 5.74) is 4.16. The number of hydrogen-bond donors (Lipinski definition) is 0. The molecule has 0 saturated carbocycles. The van der Waals surface area contributed by atoms with Gasteiger partial charge in [-0.1, -0.05) is 48.5 Å². The maximum atomic E-state index is 13.7. The third-order valence-corrected chi connectivity index (χ3v) is 3.00. The molecule has 0 nitrogen and oxygen atoms in total. The van der Waals surface area contributed by atoms with Gasteiger partial charge in [-0.25, -0.2) is 4.39 Å². The van der Waals surface area contributed by atoms with Gasteiger partial charge in [-0.2, -0.15) is 0 Å². The third kappa shape index (κ3) is 1.36. The summed E-state index contributed by atoms with van der Waals surface area (Å²) in [7, 11) is 0. The van der Waals surface area contributed by atoms with Crippen molar-refractivity contribution in [2.75, 3.05) is 0 Å². The molecular formula is C15H11F. The van der Waals surface area contributed by atoms with Crippen LogP contribution in [0.25, 0.3) is 5.57 Å². The molecule has 0 atom stereocenters. The highest BCUT2D eigenvalue weighted by atomic mass is 19.1. The van der Waals surface area contributed by atoms with Crippen molar-refractivity contribution in [3.8, 4) is 0 Å². The fourth-order valence-electron chi connectivity index (χ4n) is 2.22. The molecule has 0 heterocycles. The second-order valence-electron chi connectivity index (χ2n) is 3.96. The Balaban J connectivity index is 2.15. The molecule has 0 amide bonds. The van der Waals surface area contributed by atoms with Gasteiger partial charge in [0.25, 0.3) is 0 Å². The molecule has 0 fully saturated rings. The van der Waals surface area contributed by atoms with Gasteiger partial charge < -0.3 is 0 Å². The first kappa shape index (κ1) is 9.34. The second kappa shape index (κ2) is 3.60. The monoisotopic (exact) mass is 210 g/mol. The number of allylic oxidation sites excluding steroid dienone is 1. The van der Waals surface area contributed by atoms with Crippen LogP contribution in [0.3, 0.4) is 0 Å². The molecule has 2 aromatic rings. The van der Waals surface area contributed by atoms with E-state index in [0.717, 1.165) is 17.6 Å². The van der Waals surface area contributed by atoms with Crippen LogP contribution in [-0.4, -0.2) is 0 Å². The molecule has 0 saturated heterocycles. The highest BCUT2D eigenvalue weighted by Crippen LogP contribution is 2.33. The maximum Gasteiger partial charge on any atom is 0.131 e. The Hall–Kier alpha value is -1.89. The van der Waals surface area contributed by atoms with Gasteiger partial charge in [0, 0.05) is 5.56 Å². The molecule has 78 valence electrons. The van der Waals surface area contributed by atoms with Gasteiger partial charge in [0.2, 0.25) is 0 Å². The third-order valence-electron chi connectivity index (χ3n) is 3.00. The lowest BCUT2D eigenvalue weighted by molar-refractivity contribution is 0.624. The summed E-state index contributed by atoms with van der Waals surface area (Å²) >= 11 is 0. The van der Waals surface area contributed by atoms with Gasteiger partial charge in [0.05, 0.1) is 0 Å². The van der Waals surface area contributed by atoms with Gasteiger partial charge in [0.1, 0.15) is 5.82 Å². The molecule has 0 aromatic heterocycles. The van der Waals surface area contributed by atoms with Crippen LogP contribution < -0.4 is 0 Å². The summed E-state index contributed by atoms with van der Waals surface area (Å²) in [4.78, 5) is 0. The van der Waals surface area contributed by atoms with Crippen LogP contribution in [0.2, 0.25) is 0 Å². The number of halogens is 1. The van der Waals surface area contributed by atoms with E-state index in [1.54, 1.807) is 6.07 Å². The zero-order valence-corrected chi connectivity index (χ0v) is 8.78. The molecule has 1 heteroatoms. The summed E-state index contributed by atoms with van der Waals surface area (Å²) in [5.74, 6) is -0.148. The topological polar surface area (TPSA) is 0 Å². The number of hydrogen-bond acceptors (Lipinski definition) is 0. The van der Waals surface area contributed by atoms with E-state index in [0.29, 0.717) is 5.56 Å². The molecule has 1 aliphatic carbocycles. The van der Waals surface area contributed by atoms with Crippen LogP contribution >= 0.6 is 0 Å². The smallest absolute Gasteiger partial charge is 0.131 e. The molecule has 0 aliphatic heterocycles. The van der Waals surface area contributed by atoms with Crippen LogP contribution in [-0.2, 0) is 6.42 Å². The molecule has 2 aromatic carbocycles. The van der Waals surface area contributed by atoms with E-state index in [9.17, 15) is 4.39 Å². The predicted molar refractivity (Wildman–Crippen MR) is 63.6 cm³/mol. The van der Waals surface area contributed by atoms with Gasteiger partial charge in [-0.3, -0.25) is 0 Å². The zero-order valence-electron chi connectivity index (χ0n) is 8.78. The Morgan fingerprint density at radius 1 is 0.812 bits per heavy atom. The lowest BCUT2D eigenvalue weighted by Crippen LogP contribution is -1.90. The Morgan fingerprint density at radius 2 is 1.50 bits per heavy atom. The number of fused-ring (bicyclic) bond motifs is 1. The van der Waals surface area contributed by atoms with Gasteiger partial charge in [0.15, 0.2) is 0 Å². The van der Waals surface area contributed by atoms with Crippen molar-refractivity contribution in [3.05, 3.63) is 77.1 Å². The minimum absolute atomic E-state index is 0.148. The largest absolute Gasteiger partial charge is 0.206 e. The van der Waals surface area contributed by atoms with Crippen molar-refractivity contribution in [2.24, 2.45) is 0 Å². The average Bonchev–Trinajstić information content (AvgIpc) is 2.74. The fraction of sp³-hybridized carbons (Fsp3) is 0.0667. The van der Waals surface area contributed by atoms with E-state index in [1.165, 1.54) is 11.6 Å². The van der Waals surface area contributed by atoms with Crippen LogP contribution in [0.15, 0.2) is 54.6 Å². The van der Waals surface area contributed by atoms with Crippen molar-refractivity contribution >= 4 is 5.57 Å². The number of rotatable bonds is 1. The highest BCUT2D eigenvalue weighted by molar-refractivity contribution is 5.84. The minimum atomic E-state index is -0.148. The first-order valence-corrected chi connectivity index (χ1v) is 5.39. The van der Waals surface area contributed by atoms with E-state index in [4.69, 9.17) is 0 Å². The van der Waals surface area contributed by atoms with Crippen molar-refractivity contribution in [1.82, 2.24) is 0 Å². The van der Waals surface area contributed by atoms with E-state index in [2.05, 4.69) is 18.2 Å². The molecule has 0 bridgehead atoms. The van der Waals surface area contributed by atoms with Crippen LogP contribution in [0.1, 0.15) is 16.7 Å². The lowest BCUT2D eigenvalue weighted by Gasteiger charge is -2.06. The van der Waals surface area contributed by atoms with E-state index in [1.807, 2.05) is 24.3 Å². The molecule has 0 N–H and O–H groups in total. The van der Waals surface area contributed by atoms with E-state index in [-0.39, 0.29) is 5.82 Å². The summed E-state index contributed by atoms with van der Waals surface area (Å²) in [5, 5.41) is 0. The Kier molecular flexibility index (Phi) is 2.10. The van der Waals surface area contributed by atoms with Gasteiger partial charge in [-0.15, -0.1) is 0 Å². The van der Waals surface area contributed by atoms with Crippen LogP contribution in [0, 0.1) is 5.82 Å². The standard InChI is InChI=1S/C15H11F/c16-15-8-4-3-7-14(15)13-10-9-11-5-1-2-6-12(11)13/h1-8,10H,9H2. The summed E-state index contributed by atoms with van der Waals surface area (Å²) in [6, 6.07) is 15.1. The maximum absolute atomic E-state index is 13.7. The molecule has 1 aliphatic rings. The minimum Gasteiger partial charge on any atom is -0.206 e.